The average molecular weight is 932 g/mol. The van der Waals surface area contributed by atoms with E-state index >= 15 is 0 Å². The van der Waals surface area contributed by atoms with Crippen LogP contribution >= 0.6 is 0 Å². The zero-order chi connectivity index (χ0) is 49.1. The molecule has 3 fully saturated rings. The highest BCUT2D eigenvalue weighted by molar-refractivity contribution is 5.84. The lowest BCUT2D eigenvalue weighted by molar-refractivity contribution is -0.318. The molecule has 1 aromatic heterocycles. The van der Waals surface area contributed by atoms with Crippen LogP contribution in [0.3, 0.4) is 0 Å². The number of methoxy groups -OCH3 is 1. The number of Topliss-reactive ketones (excluding diaryl/α,β-unsaturated/α-hetero) is 1. The normalized spacial score (nSPS) is 41.0. The van der Waals surface area contributed by atoms with Crippen LogP contribution in [0.1, 0.15) is 100.0 Å². The Morgan fingerprint density at radius 1 is 0.924 bits per heavy atom. The maximum Gasteiger partial charge on any atom is 0.311 e. The molecule has 372 valence electrons. The summed E-state index contributed by atoms with van der Waals surface area (Å²) in [7, 11) is 5.14. The van der Waals surface area contributed by atoms with Gasteiger partial charge >= 0.3 is 5.97 Å². The largest absolute Gasteiger partial charge is 0.459 e. The van der Waals surface area contributed by atoms with Gasteiger partial charge < -0.3 is 64.2 Å². The number of nitrogens with one attached hydrogen (secondary N) is 1. The number of nitrogens with zero attached hydrogens (tertiary/aromatic N) is 2. The van der Waals surface area contributed by atoms with Gasteiger partial charge in [-0.1, -0.05) is 39.0 Å². The van der Waals surface area contributed by atoms with Gasteiger partial charge in [0.1, 0.15) is 29.7 Å². The van der Waals surface area contributed by atoms with E-state index in [4.69, 9.17) is 28.4 Å². The second-order valence-corrected chi connectivity index (χ2v) is 20.2. The third-order valence-electron chi connectivity index (χ3n) is 14.5. The van der Waals surface area contributed by atoms with E-state index in [1.165, 1.54) is 27.9 Å². The number of amides is 1. The number of aromatic nitrogens is 1. The molecule has 1 amide bonds. The standard InChI is InChI=1S/C49H77N3O14/c1-26-24-47(7,59)44(66-46-40(55)35(52(10)11)23-27(2)62-46)29(4)41(65-38-25-48(8,61-12)43(57)31(6)63-38)30(5)45(58)64-36(49(9,60)42(56)28(3)39(26)54)20-22-51-37(53)18-17-32-19-21-50-34-16-14-13-15-33(32)34/h13-16,19,21,26-31,35-36,38,40-44,46,55-57,59-60H,17-18,20,22-25H2,1-12H3,(H,51,53)/t26-,27?,28+,29+,30-,31?,35?,36-,38?,40?,41+,42-,43?,44-,46?,47-,48?,49-/m1/s1. The first-order valence-corrected chi connectivity index (χ1v) is 23.5. The Balaban J connectivity index is 1.49. The number of para-hydroxylation sites is 1. The van der Waals surface area contributed by atoms with Crippen molar-refractivity contribution in [2.24, 2.45) is 23.7 Å². The molecule has 3 aliphatic rings. The zero-order valence-corrected chi connectivity index (χ0v) is 40.9. The number of esters is 1. The fourth-order valence-electron chi connectivity index (χ4n) is 10.3. The Hall–Kier alpha value is -3.20. The van der Waals surface area contributed by atoms with Gasteiger partial charge in [-0.3, -0.25) is 19.4 Å². The lowest BCUT2D eigenvalue weighted by Gasteiger charge is -2.49. The topological polar surface area (TPSA) is 236 Å². The summed E-state index contributed by atoms with van der Waals surface area (Å²) < 4.78 is 37.7. The van der Waals surface area contributed by atoms with E-state index in [2.05, 4.69) is 10.3 Å². The molecule has 66 heavy (non-hydrogen) atoms. The number of aliphatic hydroxyl groups excluding tert-OH is 3. The predicted molar refractivity (Wildman–Crippen MR) is 244 cm³/mol. The second kappa shape index (κ2) is 22.0. The van der Waals surface area contributed by atoms with Crippen molar-refractivity contribution in [1.29, 1.82) is 0 Å². The Morgan fingerprint density at radius 3 is 2.27 bits per heavy atom. The molecule has 3 saturated heterocycles. The summed E-state index contributed by atoms with van der Waals surface area (Å²) in [5.74, 6) is -5.87. The number of rotatable bonds is 12. The minimum atomic E-state index is -2.21. The van der Waals surface area contributed by atoms with Gasteiger partial charge in [-0.2, -0.15) is 0 Å². The number of aryl methyl sites for hydroxylation is 1. The van der Waals surface area contributed by atoms with Crippen molar-refractivity contribution >= 4 is 28.6 Å². The number of likely N-dealkylation sites (N-methyl/N-ethyl adjacent to an activating group) is 1. The van der Waals surface area contributed by atoms with Crippen LogP contribution in [0.25, 0.3) is 10.9 Å². The molecule has 0 radical (unpaired) electrons. The fraction of sp³-hybridized carbons (Fsp3) is 0.755. The SMILES string of the molecule is COC1(C)CC(O[C@H]2[C@H](C)[C@@H](OC3OC(C)CC(N(C)C)C3O)[C@](C)(O)C[C@@H](C)C(=O)[C@H](C)[C@@H](O)[C@](C)(O)[C@@H](CCNC(=O)CCc3ccnc4ccccc34)OC(=O)[C@@H]2C)OC(C)C1O. The van der Waals surface area contributed by atoms with Crippen LogP contribution in [0.15, 0.2) is 36.5 Å². The Morgan fingerprint density at radius 2 is 1.61 bits per heavy atom. The van der Waals surface area contributed by atoms with Crippen molar-refractivity contribution in [1.82, 2.24) is 15.2 Å². The summed E-state index contributed by atoms with van der Waals surface area (Å²) in [5.41, 5.74) is -3.42. The van der Waals surface area contributed by atoms with Gasteiger partial charge in [0, 0.05) is 68.3 Å². The predicted octanol–water partition coefficient (Wildman–Crippen LogP) is 3.06. The quantitative estimate of drug-likeness (QED) is 0.168. The van der Waals surface area contributed by atoms with Crippen LogP contribution < -0.4 is 5.32 Å². The van der Waals surface area contributed by atoms with Crippen molar-refractivity contribution in [2.75, 3.05) is 27.7 Å². The highest BCUT2D eigenvalue weighted by Gasteiger charge is 2.53. The number of carbonyl (C=O) groups is 3. The number of pyridine rings is 1. The summed E-state index contributed by atoms with van der Waals surface area (Å²) in [6, 6.07) is 9.16. The number of ketones is 1. The molecule has 8 unspecified atom stereocenters. The lowest BCUT2D eigenvalue weighted by Crippen LogP contribution is -2.61. The van der Waals surface area contributed by atoms with Gasteiger partial charge in [0.2, 0.25) is 5.91 Å². The summed E-state index contributed by atoms with van der Waals surface area (Å²) in [4.78, 5) is 48.4. The minimum Gasteiger partial charge on any atom is -0.459 e. The molecule has 4 heterocycles. The molecule has 3 aliphatic heterocycles. The van der Waals surface area contributed by atoms with Crippen molar-refractivity contribution in [2.45, 2.75) is 185 Å². The fourth-order valence-corrected chi connectivity index (χ4v) is 10.3. The van der Waals surface area contributed by atoms with Crippen LogP contribution in [-0.2, 0) is 49.2 Å². The number of carbonyl (C=O) groups excluding carboxylic acids is 3. The first-order valence-electron chi connectivity index (χ1n) is 23.5. The highest BCUT2D eigenvalue weighted by atomic mass is 16.7. The van der Waals surface area contributed by atoms with Crippen LogP contribution in [-0.4, -0.2) is 165 Å². The number of hydrogen-bond acceptors (Lipinski definition) is 16. The maximum absolute atomic E-state index is 14.7. The van der Waals surface area contributed by atoms with E-state index in [0.29, 0.717) is 12.8 Å². The maximum atomic E-state index is 14.7. The minimum absolute atomic E-state index is 0.0401. The summed E-state index contributed by atoms with van der Waals surface area (Å²) in [6.45, 7) is 14.4. The number of ether oxygens (including phenoxy) is 6. The van der Waals surface area contributed by atoms with Crippen molar-refractivity contribution in [3.63, 3.8) is 0 Å². The lowest BCUT2D eigenvalue weighted by atomic mass is 9.74. The first-order chi connectivity index (χ1) is 30.8. The molecule has 5 rings (SSSR count). The van der Waals surface area contributed by atoms with E-state index in [1.54, 1.807) is 40.8 Å². The van der Waals surface area contributed by atoms with Crippen molar-refractivity contribution in [3.05, 3.63) is 42.1 Å². The van der Waals surface area contributed by atoms with E-state index in [9.17, 15) is 39.9 Å². The molecule has 1 aromatic carbocycles. The van der Waals surface area contributed by atoms with Gasteiger partial charge in [0.05, 0.1) is 53.2 Å². The monoisotopic (exact) mass is 932 g/mol. The van der Waals surface area contributed by atoms with E-state index in [-0.39, 0.29) is 50.3 Å². The van der Waals surface area contributed by atoms with E-state index < -0.39 is 108 Å². The number of hydrogen-bond donors (Lipinski definition) is 6. The number of fused-ring (bicyclic) bond motifs is 1. The Bertz CT molecular complexity index is 1940. The zero-order valence-electron chi connectivity index (χ0n) is 40.9. The first kappa shape index (κ1) is 53.8. The molecule has 6 N–H and O–H groups in total. The van der Waals surface area contributed by atoms with Gasteiger partial charge in [-0.15, -0.1) is 0 Å². The number of cyclic esters (lactones) is 1. The number of aliphatic hydroxyl groups is 5. The van der Waals surface area contributed by atoms with Crippen LogP contribution in [0.5, 0.6) is 0 Å². The Labute approximate surface area is 389 Å². The average Bonchev–Trinajstić information content (AvgIpc) is 3.26. The summed E-state index contributed by atoms with van der Waals surface area (Å²) in [6.07, 6.45) is -8.78. The van der Waals surface area contributed by atoms with Gasteiger partial charge in [0.25, 0.3) is 0 Å². The molecule has 0 aliphatic carbocycles. The molecular formula is C49H77N3O14. The van der Waals surface area contributed by atoms with Gasteiger partial charge in [-0.25, -0.2) is 0 Å². The summed E-state index contributed by atoms with van der Waals surface area (Å²) in [5, 5.41) is 63.0. The highest BCUT2D eigenvalue weighted by Crippen LogP contribution is 2.41. The third kappa shape index (κ3) is 12.1. The smallest absolute Gasteiger partial charge is 0.311 e. The van der Waals surface area contributed by atoms with E-state index in [1.807, 2.05) is 56.3 Å². The molecular weight excluding hydrogens is 855 g/mol. The van der Waals surface area contributed by atoms with Gasteiger partial charge in [-0.05, 0) is 92.6 Å². The molecule has 0 spiro atoms. The molecule has 17 heteroatoms. The second-order valence-electron chi connectivity index (χ2n) is 20.2. The Kier molecular flexibility index (Phi) is 18.0. The summed E-state index contributed by atoms with van der Waals surface area (Å²) >= 11 is 0. The molecule has 0 saturated carbocycles. The van der Waals surface area contributed by atoms with Crippen LogP contribution in [0.4, 0.5) is 0 Å². The van der Waals surface area contributed by atoms with Crippen LogP contribution in [0, 0.1) is 23.7 Å². The van der Waals surface area contributed by atoms with Crippen LogP contribution in [0.2, 0.25) is 0 Å². The molecule has 0 bridgehead atoms. The van der Waals surface area contributed by atoms with E-state index in [0.717, 1.165) is 16.5 Å². The molecule has 18 atom stereocenters. The van der Waals surface area contributed by atoms with Crippen molar-refractivity contribution < 1.29 is 68.3 Å². The number of benzene rings is 1. The molecule has 2 aromatic rings. The third-order valence-corrected chi connectivity index (χ3v) is 14.5. The van der Waals surface area contributed by atoms with Gasteiger partial charge in [0.15, 0.2) is 12.6 Å². The molecule has 17 nitrogen and oxygen atoms in total. The van der Waals surface area contributed by atoms with Crippen molar-refractivity contribution in [3.8, 4) is 0 Å².